The van der Waals surface area contributed by atoms with Crippen molar-refractivity contribution in [3.63, 3.8) is 0 Å². The molecule has 0 radical (unpaired) electrons. The second-order valence-electron chi connectivity index (χ2n) is 5.42. The molecule has 0 amide bonds. The molecule has 0 heterocycles. The first-order chi connectivity index (χ1) is 10.1. The van der Waals surface area contributed by atoms with E-state index >= 15 is 0 Å². The summed E-state index contributed by atoms with van der Waals surface area (Å²) in [5.41, 5.74) is 3.60. The molecule has 2 aromatic carbocycles. The van der Waals surface area contributed by atoms with Crippen molar-refractivity contribution >= 4 is 10.0 Å². The Morgan fingerprint density at radius 3 is 2.52 bits per heavy atom. The molecular formula is C17H19NO2S. The van der Waals surface area contributed by atoms with Crippen LogP contribution in [0, 0.1) is 0 Å². The van der Waals surface area contributed by atoms with Gasteiger partial charge in [0.15, 0.2) is 0 Å². The minimum Gasteiger partial charge on any atom is -0.211 e. The predicted octanol–water partition coefficient (Wildman–Crippen LogP) is 2.70. The van der Waals surface area contributed by atoms with Crippen molar-refractivity contribution in [1.29, 1.82) is 0 Å². The molecular weight excluding hydrogens is 282 g/mol. The van der Waals surface area contributed by atoms with Gasteiger partial charge >= 0.3 is 0 Å². The first kappa shape index (κ1) is 14.3. The van der Waals surface area contributed by atoms with Gasteiger partial charge in [0.25, 0.3) is 0 Å². The summed E-state index contributed by atoms with van der Waals surface area (Å²) in [5.74, 6) is 0. The van der Waals surface area contributed by atoms with E-state index in [0.29, 0.717) is 17.9 Å². The average Bonchev–Trinajstić information content (AvgIpc) is 2.95. The Bertz CT molecular complexity index is 724. The van der Waals surface area contributed by atoms with Gasteiger partial charge in [-0.2, -0.15) is 0 Å². The van der Waals surface area contributed by atoms with Gasteiger partial charge in [-0.25, -0.2) is 13.1 Å². The zero-order valence-electron chi connectivity index (χ0n) is 11.9. The molecule has 21 heavy (non-hydrogen) atoms. The monoisotopic (exact) mass is 301 g/mol. The SMILES string of the molecule is O=S(=O)(NCCc1ccccc1)c1ccc2c(c1)CCC2. The fourth-order valence-electron chi connectivity index (χ4n) is 2.77. The molecule has 110 valence electrons. The molecule has 1 aliphatic rings. The molecule has 0 saturated heterocycles. The molecule has 0 aromatic heterocycles. The highest BCUT2D eigenvalue weighted by molar-refractivity contribution is 7.89. The van der Waals surface area contributed by atoms with E-state index in [1.807, 2.05) is 42.5 Å². The molecule has 1 aliphatic carbocycles. The Morgan fingerprint density at radius 2 is 1.71 bits per heavy atom. The number of hydrogen-bond acceptors (Lipinski definition) is 2. The lowest BCUT2D eigenvalue weighted by molar-refractivity contribution is 0.581. The lowest BCUT2D eigenvalue weighted by atomic mass is 10.1. The van der Waals surface area contributed by atoms with E-state index in [1.54, 1.807) is 6.07 Å². The Hall–Kier alpha value is -1.65. The normalized spacial score (nSPS) is 14.1. The van der Waals surface area contributed by atoms with Crippen LogP contribution < -0.4 is 4.72 Å². The molecule has 0 bridgehead atoms. The smallest absolute Gasteiger partial charge is 0.211 e. The number of rotatable bonds is 5. The Labute approximate surface area is 126 Å². The highest BCUT2D eigenvalue weighted by Gasteiger charge is 2.17. The second kappa shape index (κ2) is 6.00. The molecule has 0 unspecified atom stereocenters. The molecule has 0 aliphatic heterocycles. The summed E-state index contributed by atoms with van der Waals surface area (Å²) < 4.78 is 27.3. The minimum absolute atomic E-state index is 0.385. The van der Waals surface area contributed by atoms with E-state index in [1.165, 1.54) is 11.1 Å². The number of benzene rings is 2. The molecule has 4 heteroatoms. The number of hydrogen-bond donors (Lipinski definition) is 1. The van der Waals surface area contributed by atoms with Gasteiger partial charge in [0.05, 0.1) is 4.90 Å². The molecule has 3 rings (SSSR count). The summed E-state index contributed by atoms with van der Waals surface area (Å²) in [6.45, 7) is 0.420. The van der Waals surface area contributed by atoms with Crippen molar-refractivity contribution in [2.75, 3.05) is 6.54 Å². The van der Waals surface area contributed by atoms with Crippen molar-refractivity contribution in [3.05, 3.63) is 65.2 Å². The first-order valence-corrected chi connectivity index (χ1v) is 8.79. The van der Waals surface area contributed by atoms with E-state index in [-0.39, 0.29) is 0 Å². The highest BCUT2D eigenvalue weighted by Crippen LogP contribution is 2.24. The number of sulfonamides is 1. The van der Waals surface area contributed by atoms with Crippen molar-refractivity contribution < 1.29 is 8.42 Å². The van der Waals surface area contributed by atoms with Crippen LogP contribution in [0.3, 0.4) is 0 Å². The van der Waals surface area contributed by atoms with Gasteiger partial charge < -0.3 is 0 Å². The van der Waals surface area contributed by atoms with Crippen LogP contribution in [0.2, 0.25) is 0 Å². The molecule has 0 atom stereocenters. The van der Waals surface area contributed by atoms with Crippen LogP contribution >= 0.6 is 0 Å². The minimum atomic E-state index is -3.40. The van der Waals surface area contributed by atoms with Gasteiger partial charge in [-0.05, 0) is 54.5 Å². The van der Waals surface area contributed by atoms with Crippen LogP contribution in [0.1, 0.15) is 23.1 Å². The third-order valence-corrected chi connectivity index (χ3v) is 5.39. The molecule has 0 saturated carbocycles. The van der Waals surface area contributed by atoms with Gasteiger partial charge in [0.2, 0.25) is 10.0 Å². The Morgan fingerprint density at radius 1 is 0.952 bits per heavy atom. The first-order valence-electron chi connectivity index (χ1n) is 7.30. The molecule has 2 aromatic rings. The number of fused-ring (bicyclic) bond motifs is 1. The van der Waals surface area contributed by atoms with Crippen LogP contribution in [0.5, 0.6) is 0 Å². The van der Waals surface area contributed by atoms with Crippen molar-refractivity contribution in [2.45, 2.75) is 30.6 Å². The summed E-state index contributed by atoms with van der Waals surface area (Å²) in [6, 6.07) is 15.4. The van der Waals surface area contributed by atoms with Crippen LogP contribution in [-0.2, 0) is 29.3 Å². The lowest BCUT2D eigenvalue weighted by Crippen LogP contribution is -2.26. The Kier molecular flexibility index (Phi) is 4.08. The zero-order valence-corrected chi connectivity index (χ0v) is 12.7. The lowest BCUT2D eigenvalue weighted by Gasteiger charge is -2.08. The molecule has 0 spiro atoms. The maximum absolute atomic E-state index is 12.3. The van der Waals surface area contributed by atoms with Gasteiger partial charge in [0.1, 0.15) is 0 Å². The van der Waals surface area contributed by atoms with Crippen LogP contribution in [0.15, 0.2) is 53.4 Å². The summed E-state index contributed by atoms with van der Waals surface area (Å²) >= 11 is 0. The van der Waals surface area contributed by atoms with Gasteiger partial charge in [-0.1, -0.05) is 36.4 Å². The third-order valence-electron chi connectivity index (χ3n) is 3.93. The maximum atomic E-state index is 12.3. The maximum Gasteiger partial charge on any atom is 0.240 e. The van der Waals surface area contributed by atoms with Gasteiger partial charge in [-0.3, -0.25) is 0 Å². The van der Waals surface area contributed by atoms with Gasteiger partial charge in [0, 0.05) is 6.54 Å². The second-order valence-corrected chi connectivity index (χ2v) is 7.18. The van der Waals surface area contributed by atoms with Crippen molar-refractivity contribution in [1.82, 2.24) is 4.72 Å². The topological polar surface area (TPSA) is 46.2 Å². The zero-order chi connectivity index (χ0) is 14.7. The van der Waals surface area contributed by atoms with Crippen LogP contribution in [-0.4, -0.2) is 15.0 Å². The summed E-state index contributed by atoms with van der Waals surface area (Å²) in [4.78, 5) is 0.385. The Balaban J connectivity index is 1.67. The van der Waals surface area contributed by atoms with Crippen LogP contribution in [0.25, 0.3) is 0 Å². The summed E-state index contributed by atoms with van der Waals surface area (Å²) in [6.07, 6.45) is 3.88. The van der Waals surface area contributed by atoms with Crippen LogP contribution in [0.4, 0.5) is 0 Å². The van der Waals surface area contributed by atoms with E-state index in [0.717, 1.165) is 24.8 Å². The third kappa shape index (κ3) is 3.34. The van der Waals surface area contributed by atoms with E-state index < -0.39 is 10.0 Å². The predicted molar refractivity (Wildman–Crippen MR) is 83.8 cm³/mol. The molecule has 1 N–H and O–H groups in total. The van der Waals surface area contributed by atoms with E-state index in [4.69, 9.17) is 0 Å². The average molecular weight is 301 g/mol. The standard InChI is InChI=1S/C17H19NO2S/c19-21(20,18-12-11-14-5-2-1-3-6-14)17-10-9-15-7-4-8-16(15)13-17/h1-3,5-6,9-10,13,18H,4,7-8,11-12H2. The fourth-order valence-corrected chi connectivity index (χ4v) is 3.86. The van der Waals surface area contributed by atoms with Crippen molar-refractivity contribution in [3.8, 4) is 0 Å². The fraction of sp³-hybridized carbons (Fsp3) is 0.294. The summed E-state index contributed by atoms with van der Waals surface area (Å²) in [7, 11) is -3.40. The van der Waals surface area contributed by atoms with Gasteiger partial charge in [-0.15, -0.1) is 0 Å². The highest BCUT2D eigenvalue weighted by atomic mass is 32.2. The number of aryl methyl sites for hydroxylation is 2. The molecule has 3 nitrogen and oxygen atoms in total. The van der Waals surface area contributed by atoms with E-state index in [9.17, 15) is 8.42 Å². The quantitative estimate of drug-likeness (QED) is 0.923. The molecule has 0 fully saturated rings. The van der Waals surface area contributed by atoms with E-state index in [2.05, 4.69) is 4.72 Å². The number of nitrogens with one attached hydrogen (secondary N) is 1. The van der Waals surface area contributed by atoms with Crippen molar-refractivity contribution in [2.24, 2.45) is 0 Å². The largest absolute Gasteiger partial charge is 0.240 e. The summed E-state index contributed by atoms with van der Waals surface area (Å²) in [5, 5.41) is 0.